The van der Waals surface area contributed by atoms with Gasteiger partial charge in [-0.1, -0.05) is 41.1 Å². The van der Waals surface area contributed by atoms with Crippen LogP contribution in [0.15, 0.2) is 24.3 Å². The summed E-state index contributed by atoms with van der Waals surface area (Å²) in [7, 11) is 0. The molecule has 0 spiro atoms. The number of fused-ring (bicyclic) bond motifs is 1. The molecule has 0 fully saturated rings. The van der Waals surface area contributed by atoms with E-state index in [0.29, 0.717) is 12.0 Å². The normalized spacial score (nSPS) is 21.7. The van der Waals surface area contributed by atoms with E-state index in [1.54, 1.807) is 0 Å². The van der Waals surface area contributed by atoms with Crippen molar-refractivity contribution in [1.29, 1.82) is 0 Å². The lowest BCUT2D eigenvalue weighted by molar-refractivity contribution is 0.515. The summed E-state index contributed by atoms with van der Waals surface area (Å²) in [6.07, 6.45) is 2.52. The molecule has 0 radical (unpaired) electrons. The largest absolute Gasteiger partial charge is 0.368 e. The molecular weight excluding hydrogens is 262 g/mol. The number of para-hydroxylation sites is 1. The van der Waals surface area contributed by atoms with E-state index in [1.807, 2.05) is 0 Å². The third-order valence-corrected chi connectivity index (χ3v) is 4.54. The second-order valence-electron chi connectivity index (χ2n) is 4.93. The Morgan fingerprint density at radius 3 is 2.94 bits per heavy atom. The summed E-state index contributed by atoms with van der Waals surface area (Å²) in [5.41, 5.74) is 2.97. The number of hydrogen-bond donors (Lipinski definition) is 0. The molecular formula is C14H20BrN. The summed E-state index contributed by atoms with van der Waals surface area (Å²) in [6.45, 7) is 5.80. The van der Waals surface area contributed by atoms with Gasteiger partial charge in [0, 0.05) is 23.6 Å². The highest BCUT2D eigenvalue weighted by Gasteiger charge is 2.23. The number of halogens is 1. The first-order valence-corrected chi connectivity index (χ1v) is 7.25. The fourth-order valence-corrected chi connectivity index (χ4v) is 2.63. The van der Waals surface area contributed by atoms with Crippen molar-refractivity contribution >= 4 is 21.6 Å². The van der Waals surface area contributed by atoms with Crippen LogP contribution in [0.1, 0.15) is 25.8 Å². The fraction of sp³-hybridized carbons (Fsp3) is 0.571. The Hall–Kier alpha value is -0.500. The quantitative estimate of drug-likeness (QED) is 0.761. The first kappa shape index (κ1) is 12.0. The monoisotopic (exact) mass is 281 g/mol. The van der Waals surface area contributed by atoms with Crippen LogP contribution in [0, 0.1) is 5.92 Å². The molecule has 1 aromatic rings. The van der Waals surface area contributed by atoms with Crippen LogP contribution in [0.25, 0.3) is 0 Å². The van der Waals surface area contributed by atoms with Gasteiger partial charge in [-0.25, -0.2) is 0 Å². The molecule has 1 heterocycles. The van der Waals surface area contributed by atoms with Crippen LogP contribution < -0.4 is 4.90 Å². The Labute approximate surface area is 107 Å². The second kappa shape index (κ2) is 5.22. The molecule has 16 heavy (non-hydrogen) atoms. The van der Waals surface area contributed by atoms with Gasteiger partial charge in [0.1, 0.15) is 0 Å². The van der Waals surface area contributed by atoms with Crippen molar-refractivity contribution in [2.24, 2.45) is 5.92 Å². The van der Waals surface area contributed by atoms with Crippen LogP contribution in [0.2, 0.25) is 0 Å². The molecule has 2 rings (SSSR count). The van der Waals surface area contributed by atoms with Gasteiger partial charge in [-0.3, -0.25) is 0 Å². The zero-order valence-electron chi connectivity index (χ0n) is 10.1. The van der Waals surface area contributed by atoms with E-state index in [4.69, 9.17) is 0 Å². The molecule has 0 N–H and O–H groups in total. The van der Waals surface area contributed by atoms with Crippen LogP contribution >= 0.6 is 15.9 Å². The number of aryl methyl sites for hydroxylation is 1. The van der Waals surface area contributed by atoms with E-state index >= 15 is 0 Å². The minimum atomic E-state index is 0.677. The highest BCUT2D eigenvalue weighted by molar-refractivity contribution is 9.09. The van der Waals surface area contributed by atoms with E-state index in [-0.39, 0.29) is 0 Å². The summed E-state index contributed by atoms with van der Waals surface area (Å²) in [4.78, 5) is 2.57. The van der Waals surface area contributed by atoms with E-state index in [2.05, 4.69) is 58.9 Å². The lowest BCUT2D eigenvalue weighted by Crippen LogP contribution is -2.40. The van der Waals surface area contributed by atoms with E-state index in [9.17, 15) is 0 Å². The topological polar surface area (TPSA) is 3.24 Å². The minimum Gasteiger partial charge on any atom is -0.368 e. The Morgan fingerprint density at radius 2 is 2.19 bits per heavy atom. The molecule has 88 valence electrons. The van der Waals surface area contributed by atoms with E-state index in [0.717, 1.165) is 11.9 Å². The van der Waals surface area contributed by atoms with Crippen LogP contribution in [0.4, 0.5) is 5.69 Å². The van der Waals surface area contributed by atoms with Gasteiger partial charge in [-0.05, 0) is 37.3 Å². The summed E-state index contributed by atoms with van der Waals surface area (Å²) < 4.78 is 0. The van der Waals surface area contributed by atoms with Crippen molar-refractivity contribution < 1.29 is 0 Å². The zero-order valence-corrected chi connectivity index (χ0v) is 11.7. The van der Waals surface area contributed by atoms with Gasteiger partial charge >= 0.3 is 0 Å². The molecule has 2 heteroatoms. The second-order valence-corrected chi connectivity index (χ2v) is 5.58. The number of benzene rings is 1. The smallest absolute Gasteiger partial charge is 0.0401 e. The van der Waals surface area contributed by atoms with Crippen LogP contribution in [0.5, 0.6) is 0 Å². The Balaban J connectivity index is 2.22. The summed E-state index contributed by atoms with van der Waals surface area (Å²) in [6, 6.07) is 9.53. The fourth-order valence-electron chi connectivity index (χ4n) is 2.42. The van der Waals surface area contributed by atoms with Gasteiger partial charge in [0.05, 0.1) is 0 Å². The molecule has 2 unspecified atom stereocenters. The number of nitrogens with zero attached hydrogens (tertiary/aromatic N) is 1. The molecule has 1 aromatic carbocycles. The Bertz CT molecular complexity index is 350. The summed E-state index contributed by atoms with van der Waals surface area (Å²) in [5.74, 6) is 0.702. The number of rotatable bonds is 3. The van der Waals surface area contributed by atoms with Crippen molar-refractivity contribution in [3.63, 3.8) is 0 Å². The maximum absolute atomic E-state index is 3.57. The van der Waals surface area contributed by atoms with Crippen molar-refractivity contribution in [2.75, 3.05) is 16.8 Å². The first-order chi connectivity index (χ1) is 7.72. The van der Waals surface area contributed by atoms with Gasteiger partial charge in [0.2, 0.25) is 0 Å². The third kappa shape index (κ3) is 2.42. The van der Waals surface area contributed by atoms with Crippen molar-refractivity contribution in [3.8, 4) is 0 Å². The zero-order chi connectivity index (χ0) is 11.5. The van der Waals surface area contributed by atoms with E-state index < -0.39 is 0 Å². The van der Waals surface area contributed by atoms with Crippen molar-refractivity contribution in [3.05, 3.63) is 29.8 Å². The molecule has 0 saturated carbocycles. The predicted molar refractivity (Wildman–Crippen MR) is 74.5 cm³/mol. The predicted octanol–water partition coefficient (Wildman–Crippen LogP) is 3.86. The molecule has 0 amide bonds. The van der Waals surface area contributed by atoms with Gasteiger partial charge in [-0.15, -0.1) is 0 Å². The number of hydrogen-bond acceptors (Lipinski definition) is 1. The molecule has 1 aliphatic heterocycles. The Kier molecular flexibility index (Phi) is 3.91. The third-order valence-electron chi connectivity index (χ3n) is 3.44. The van der Waals surface area contributed by atoms with Crippen LogP contribution in [-0.4, -0.2) is 17.9 Å². The van der Waals surface area contributed by atoms with Crippen molar-refractivity contribution in [1.82, 2.24) is 0 Å². The molecule has 0 bridgehead atoms. The van der Waals surface area contributed by atoms with Gasteiger partial charge in [0.25, 0.3) is 0 Å². The van der Waals surface area contributed by atoms with Gasteiger partial charge in [0.15, 0.2) is 0 Å². The van der Waals surface area contributed by atoms with Gasteiger partial charge in [-0.2, -0.15) is 0 Å². The lowest BCUT2D eigenvalue weighted by Gasteiger charge is -2.38. The number of alkyl halides is 1. The van der Waals surface area contributed by atoms with Crippen LogP contribution in [0.3, 0.4) is 0 Å². The SMILES string of the molecule is CC(CBr)CN1c2ccccc2CCC1C. The summed E-state index contributed by atoms with van der Waals surface area (Å²) >= 11 is 3.57. The van der Waals surface area contributed by atoms with Gasteiger partial charge < -0.3 is 4.90 Å². The maximum atomic E-state index is 3.57. The van der Waals surface area contributed by atoms with E-state index in [1.165, 1.54) is 24.1 Å². The highest BCUT2D eigenvalue weighted by atomic mass is 79.9. The molecule has 1 nitrogen and oxygen atoms in total. The molecule has 0 saturated heterocycles. The molecule has 0 aromatic heterocycles. The highest BCUT2D eigenvalue weighted by Crippen LogP contribution is 2.31. The summed E-state index contributed by atoms with van der Waals surface area (Å²) in [5, 5.41) is 1.08. The average Bonchev–Trinajstić information content (AvgIpc) is 2.32. The first-order valence-electron chi connectivity index (χ1n) is 6.13. The van der Waals surface area contributed by atoms with Crippen LogP contribution in [-0.2, 0) is 6.42 Å². The average molecular weight is 282 g/mol. The standard InChI is InChI=1S/C14H20BrN/c1-11(9-15)10-16-12(2)7-8-13-5-3-4-6-14(13)16/h3-6,11-12H,7-10H2,1-2H3. The lowest BCUT2D eigenvalue weighted by atomic mass is 9.95. The maximum Gasteiger partial charge on any atom is 0.0401 e. The minimum absolute atomic E-state index is 0.677. The molecule has 0 aliphatic carbocycles. The van der Waals surface area contributed by atoms with Crippen molar-refractivity contribution in [2.45, 2.75) is 32.7 Å². The molecule has 2 atom stereocenters. The Morgan fingerprint density at radius 1 is 1.44 bits per heavy atom. The molecule has 1 aliphatic rings. The number of anilines is 1.